The van der Waals surface area contributed by atoms with Crippen molar-refractivity contribution in [2.45, 2.75) is 6.61 Å². The van der Waals surface area contributed by atoms with Crippen LogP contribution < -0.4 is 0 Å². The van der Waals surface area contributed by atoms with Gasteiger partial charge in [-0.05, 0) is 35.9 Å². The molecule has 3 nitrogen and oxygen atoms in total. The van der Waals surface area contributed by atoms with Crippen molar-refractivity contribution in [3.8, 4) is 0 Å². The SMILES string of the molecule is O=C(OCc1ccncc1)c1ccc(F)c(F)c1. The summed E-state index contributed by atoms with van der Waals surface area (Å²) in [6.07, 6.45) is 3.14. The summed E-state index contributed by atoms with van der Waals surface area (Å²) in [6, 6.07) is 6.26. The van der Waals surface area contributed by atoms with Crippen LogP contribution in [0.3, 0.4) is 0 Å². The Morgan fingerprint density at radius 1 is 1.11 bits per heavy atom. The second-order valence-electron chi connectivity index (χ2n) is 3.56. The van der Waals surface area contributed by atoms with Gasteiger partial charge in [0.05, 0.1) is 5.56 Å². The van der Waals surface area contributed by atoms with Crippen LogP contribution in [0.2, 0.25) is 0 Å². The molecular formula is C13H9F2NO2. The molecule has 18 heavy (non-hydrogen) atoms. The molecule has 2 aromatic rings. The lowest BCUT2D eigenvalue weighted by Crippen LogP contribution is -2.06. The normalized spacial score (nSPS) is 10.1. The van der Waals surface area contributed by atoms with E-state index in [4.69, 9.17) is 4.74 Å². The van der Waals surface area contributed by atoms with Gasteiger partial charge in [-0.15, -0.1) is 0 Å². The molecule has 1 aromatic carbocycles. The standard InChI is InChI=1S/C13H9F2NO2/c14-11-2-1-10(7-12(11)15)13(17)18-8-9-3-5-16-6-4-9/h1-7H,8H2. The lowest BCUT2D eigenvalue weighted by molar-refractivity contribution is 0.0472. The predicted molar refractivity (Wildman–Crippen MR) is 59.7 cm³/mol. The molecule has 0 bridgehead atoms. The average Bonchev–Trinajstić information content (AvgIpc) is 2.40. The lowest BCUT2D eigenvalue weighted by atomic mass is 10.2. The first-order chi connectivity index (χ1) is 8.66. The van der Waals surface area contributed by atoms with Crippen LogP contribution in [0.5, 0.6) is 0 Å². The fourth-order valence-electron chi connectivity index (χ4n) is 1.33. The van der Waals surface area contributed by atoms with Crippen molar-refractivity contribution < 1.29 is 18.3 Å². The van der Waals surface area contributed by atoms with Crippen molar-refractivity contribution in [3.05, 3.63) is 65.5 Å². The molecule has 0 saturated carbocycles. The Labute approximate surface area is 102 Å². The lowest BCUT2D eigenvalue weighted by Gasteiger charge is -2.04. The van der Waals surface area contributed by atoms with E-state index in [0.717, 1.165) is 17.7 Å². The third-order valence-corrected chi connectivity index (χ3v) is 2.27. The van der Waals surface area contributed by atoms with Crippen molar-refractivity contribution in [1.82, 2.24) is 4.98 Å². The maximum absolute atomic E-state index is 12.9. The molecule has 5 heteroatoms. The van der Waals surface area contributed by atoms with Crippen LogP contribution in [-0.2, 0) is 11.3 Å². The van der Waals surface area contributed by atoms with Gasteiger partial charge in [0.25, 0.3) is 0 Å². The van der Waals surface area contributed by atoms with E-state index in [-0.39, 0.29) is 12.2 Å². The number of rotatable bonds is 3. The maximum atomic E-state index is 12.9. The molecule has 0 spiro atoms. The molecule has 0 amide bonds. The molecule has 0 aliphatic carbocycles. The molecule has 0 fully saturated rings. The number of aromatic nitrogens is 1. The summed E-state index contributed by atoms with van der Waals surface area (Å²) in [5, 5.41) is 0. The summed E-state index contributed by atoms with van der Waals surface area (Å²) in [6.45, 7) is 0.0559. The fourth-order valence-corrected chi connectivity index (χ4v) is 1.33. The Morgan fingerprint density at radius 2 is 1.83 bits per heavy atom. The quantitative estimate of drug-likeness (QED) is 0.785. The molecule has 0 N–H and O–H groups in total. The highest BCUT2D eigenvalue weighted by Gasteiger charge is 2.10. The van der Waals surface area contributed by atoms with Gasteiger partial charge in [0.1, 0.15) is 6.61 Å². The minimum absolute atomic E-state index is 0.0250. The van der Waals surface area contributed by atoms with Crippen LogP contribution >= 0.6 is 0 Å². The van der Waals surface area contributed by atoms with Crippen LogP contribution in [0.1, 0.15) is 15.9 Å². The average molecular weight is 249 g/mol. The summed E-state index contributed by atoms with van der Waals surface area (Å²) < 4.78 is 30.5. The van der Waals surface area contributed by atoms with E-state index in [9.17, 15) is 13.6 Å². The summed E-state index contributed by atoms with van der Waals surface area (Å²) in [5.74, 6) is -2.78. The summed E-state index contributed by atoms with van der Waals surface area (Å²) in [7, 11) is 0. The molecule has 0 aliphatic heterocycles. The zero-order chi connectivity index (χ0) is 13.0. The predicted octanol–water partition coefficient (Wildman–Crippen LogP) is 2.72. The smallest absolute Gasteiger partial charge is 0.338 e. The highest BCUT2D eigenvalue weighted by atomic mass is 19.2. The number of hydrogen-bond acceptors (Lipinski definition) is 3. The summed E-state index contributed by atoms with van der Waals surface area (Å²) >= 11 is 0. The molecule has 0 unspecified atom stereocenters. The number of hydrogen-bond donors (Lipinski definition) is 0. The third kappa shape index (κ3) is 2.88. The highest BCUT2D eigenvalue weighted by molar-refractivity contribution is 5.89. The van der Waals surface area contributed by atoms with E-state index in [1.807, 2.05) is 0 Å². The van der Waals surface area contributed by atoms with E-state index < -0.39 is 17.6 Å². The van der Waals surface area contributed by atoms with E-state index in [2.05, 4.69) is 4.98 Å². The van der Waals surface area contributed by atoms with Crippen molar-refractivity contribution >= 4 is 5.97 Å². The van der Waals surface area contributed by atoms with Gasteiger partial charge < -0.3 is 4.74 Å². The van der Waals surface area contributed by atoms with Crippen LogP contribution in [0, 0.1) is 11.6 Å². The Morgan fingerprint density at radius 3 is 2.50 bits per heavy atom. The first-order valence-corrected chi connectivity index (χ1v) is 5.18. The van der Waals surface area contributed by atoms with E-state index in [0.29, 0.717) is 0 Å². The molecular weight excluding hydrogens is 240 g/mol. The van der Waals surface area contributed by atoms with Crippen molar-refractivity contribution in [2.24, 2.45) is 0 Å². The van der Waals surface area contributed by atoms with Crippen LogP contribution in [-0.4, -0.2) is 11.0 Å². The van der Waals surface area contributed by atoms with Gasteiger partial charge in [-0.3, -0.25) is 4.98 Å². The number of esters is 1. The molecule has 2 rings (SSSR count). The topological polar surface area (TPSA) is 39.2 Å². The Kier molecular flexibility index (Phi) is 3.62. The van der Waals surface area contributed by atoms with Crippen molar-refractivity contribution in [3.63, 3.8) is 0 Å². The van der Waals surface area contributed by atoms with Crippen LogP contribution in [0.4, 0.5) is 8.78 Å². The number of halogens is 2. The van der Waals surface area contributed by atoms with Crippen molar-refractivity contribution in [2.75, 3.05) is 0 Å². The molecule has 92 valence electrons. The molecule has 1 heterocycles. The minimum Gasteiger partial charge on any atom is -0.457 e. The number of benzene rings is 1. The van der Waals surface area contributed by atoms with Gasteiger partial charge in [-0.1, -0.05) is 0 Å². The third-order valence-electron chi connectivity index (χ3n) is 2.27. The first kappa shape index (κ1) is 12.2. The number of nitrogens with zero attached hydrogens (tertiary/aromatic N) is 1. The number of ether oxygens (including phenoxy) is 1. The molecule has 0 saturated heterocycles. The number of carbonyl (C=O) groups is 1. The van der Waals surface area contributed by atoms with E-state index in [1.165, 1.54) is 6.07 Å². The van der Waals surface area contributed by atoms with Gasteiger partial charge in [-0.2, -0.15) is 0 Å². The number of pyridine rings is 1. The Balaban J connectivity index is 2.02. The summed E-state index contributed by atoms with van der Waals surface area (Å²) in [4.78, 5) is 15.4. The van der Waals surface area contributed by atoms with Gasteiger partial charge >= 0.3 is 5.97 Å². The Hall–Kier alpha value is -2.30. The summed E-state index contributed by atoms with van der Waals surface area (Å²) in [5.41, 5.74) is 0.740. The second-order valence-corrected chi connectivity index (χ2v) is 3.56. The first-order valence-electron chi connectivity index (χ1n) is 5.18. The van der Waals surface area contributed by atoms with Gasteiger partial charge in [0.15, 0.2) is 11.6 Å². The largest absolute Gasteiger partial charge is 0.457 e. The second kappa shape index (κ2) is 5.35. The molecule has 0 atom stereocenters. The molecule has 1 aromatic heterocycles. The zero-order valence-electron chi connectivity index (χ0n) is 9.27. The van der Waals surface area contributed by atoms with Crippen LogP contribution in [0.25, 0.3) is 0 Å². The maximum Gasteiger partial charge on any atom is 0.338 e. The van der Waals surface area contributed by atoms with Crippen LogP contribution in [0.15, 0.2) is 42.7 Å². The monoisotopic (exact) mass is 249 g/mol. The van der Waals surface area contributed by atoms with E-state index >= 15 is 0 Å². The van der Waals surface area contributed by atoms with Gasteiger partial charge in [-0.25, -0.2) is 13.6 Å². The Bertz CT molecular complexity index is 558. The molecule has 0 aliphatic rings. The van der Waals surface area contributed by atoms with Gasteiger partial charge in [0, 0.05) is 12.4 Å². The number of carbonyl (C=O) groups excluding carboxylic acids is 1. The zero-order valence-corrected chi connectivity index (χ0v) is 9.27. The van der Waals surface area contributed by atoms with Gasteiger partial charge in [0.2, 0.25) is 0 Å². The fraction of sp³-hybridized carbons (Fsp3) is 0.0769. The highest BCUT2D eigenvalue weighted by Crippen LogP contribution is 2.10. The van der Waals surface area contributed by atoms with E-state index in [1.54, 1.807) is 24.5 Å². The minimum atomic E-state index is -1.08. The molecule has 0 radical (unpaired) electrons. The van der Waals surface area contributed by atoms with Crippen molar-refractivity contribution in [1.29, 1.82) is 0 Å².